The van der Waals surface area contributed by atoms with E-state index in [4.69, 9.17) is 10.5 Å². The van der Waals surface area contributed by atoms with Crippen molar-refractivity contribution >= 4 is 22.7 Å². The lowest BCUT2D eigenvalue weighted by Gasteiger charge is -2.28. The summed E-state index contributed by atoms with van der Waals surface area (Å²) >= 11 is 0. The van der Waals surface area contributed by atoms with Crippen LogP contribution in [0.3, 0.4) is 0 Å². The first-order valence-electron chi connectivity index (χ1n) is 9.52. The summed E-state index contributed by atoms with van der Waals surface area (Å²) in [5, 5.41) is 21.1. The molecular weight excluding hydrogens is 352 g/mol. The number of rotatable bonds is 5. The molecule has 0 unspecified atom stereocenters. The number of nitrogens with zero attached hydrogens (tertiary/aromatic N) is 3. The Labute approximate surface area is 164 Å². The highest BCUT2D eigenvalue weighted by Gasteiger charge is 2.21. The van der Waals surface area contributed by atoms with Crippen molar-refractivity contribution in [3.63, 3.8) is 0 Å². The number of anilines is 3. The van der Waals surface area contributed by atoms with Gasteiger partial charge in [-0.1, -0.05) is 12.1 Å². The zero-order valence-corrected chi connectivity index (χ0v) is 15.9. The molecule has 0 bridgehead atoms. The average molecular weight is 376 g/mol. The van der Waals surface area contributed by atoms with Crippen molar-refractivity contribution in [2.45, 2.75) is 37.8 Å². The molecule has 1 aromatic carbocycles. The number of ether oxygens (including phenoxy) is 1. The molecule has 7 nitrogen and oxygen atoms in total. The minimum atomic E-state index is 0.286. The number of nitriles is 1. The number of aromatic nitrogens is 2. The van der Waals surface area contributed by atoms with Gasteiger partial charge in [0.15, 0.2) is 0 Å². The third-order valence-electron chi connectivity index (χ3n) is 5.29. The van der Waals surface area contributed by atoms with E-state index in [1.165, 1.54) is 0 Å². The molecule has 1 aliphatic carbocycles. The second-order valence-corrected chi connectivity index (χ2v) is 7.14. The average Bonchev–Trinajstić information content (AvgIpc) is 3.20. The largest absolute Gasteiger partial charge is 0.495 e. The molecule has 28 heavy (non-hydrogen) atoms. The number of nitrogens with one attached hydrogen (secondary N) is 2. The first-order chi connectivity index (χ1) is 13.7. The van der Waals surface area contributed by atoms with Gasteiger partial charge < -0.3 is 21.1 Å². The molecule has 4 rings (SSSR count). The van der Waals surface area contributed by atoms with Gasteiger partial charge in [0.2, 0.25) is 0 Å². The van der Waals surface area contributed by atoms with Crippen LogP contribution in [-0.4, -0.2) is 28.8 Å². The van der Waals surface area contributed by atoms with Crippen molar-refractivity contribution in [3.05, 3.63) is 48.2 Å². The molecule has 1 fully saturated rings. The number of methoxy groups -OCH3 is 1. The number of benzene rings is 1. The Morgan fingerprint density at radius 3 is 2.71 bits per heavy atom. The van der Waals surface area contributed by atoms with Crippen molar-refractivity contribution in [1.29, 1.82) is 5.26 Å². The van der Waals surface area contributed by atoms with Gasteiger partial charge in [0, 0.05) is 18.2 Å². The summed E-state index contributed by atoms with van der Waals surface area (Å²) in [6, 6.07) is 14.5. The lowest BCUT2D eigenvalue weighted by Crippen LogP contribution is -2.33. The van der Waals surface area contributed by atoms with Gasteiger partial charge in [0.1, 0.15) is 23.2 Å². The van der Waals surface area contributed by atoms with Crippen LogP contribution in [-0.2, 0) is 0 Å². The highest BCUT2D eigenvalue weighted by Crippen LogP contribution is 2.32. The lowest BCUT2D eigenvalue weighted by molar-refractivity contribution is 0.411. The molecule has 144 valence electrons. The second kappa shape index (κ2) is 7.79. The normalized spacial score (nSPS) is 19.2. The Morgan fingerprint density at radius 1 is 1.18 bits per heavy atom. The van der Waals surface area contributed by atoms with Crippen LogP contribution in [0, 0.1) is 11.3 Å². The molecule has 7 heteroatoms. The van der Waals surface area contributed by atoms with Crippen molar-refractivity contribution < 1.29 is 4.74 Å². The van der Waals surface area contributed by atoms with Crippen LogP contribution in [0.2, 0.25) is 0 Å². The minimum absolute atomic E-state index is 0.286. The highest BCUT2D eigenvalue weighted by atomic mass is 16.5. The summed E-state index contributed by atoms with van der Waals surface area (Å²) in [7, 11) is 1.64. The zero-order chi connectivity index (χ0) is 19.5. The minimum Gasteiger partial charge on any atom is -0.495 e. The number of para-hydroxylation sites is 2. The zero-order valence-electron chi connectivity index (χ0n) is 15.9. The van der Waals surface area contributed by atoms with Crippen molar-refractivity contribution in [1.82, 2.24) is 9.61 Å². The fourth-order valence-electron chi connectivity index (χ4n) is 3.78. The second-order valence-electron chi connectivity index (χ2n) is 7.14. The van der Waals surface area contributed by atoms with E-state index in [0.717, 1.165) is 54.1 Å². The Balaban J connectivity index is 1.72. The van der Waals surface area contributed by atoms with E-state index in [1.54, 1.807) is 17.8 Å². The number of hydrogen-bond acceptors (Lipinski definition) is 6. The Kier molecular flexibility index (Phi) is 5.04. The molecule has 1 aliphatic rings. The van der Waals surface area contributed by atoms with Crippen LogP contribution in [0.25, 0.3) is 5.52 Å². The van der Waals surface area contributed by atoms with Crippen LogP contribution in [0.1, 0.15) is 31.2 Å². The van der Waals surface area contributed by atoms with Crippen LogP contribution in [0.4, 0.5) is 17.2 Å². The van der Waals surface area contributed by atoms with Crippen LogP contribution in [0.5, 0.6) is 5.75 Å². The lowest BCUT2D eigenvalue weighted by atomic mass is 9.91. The van der Waals surface area contributed by atoms with Gasteiger partial charge in [0.05, 0.1) is 30.2 Å². The van der Waals surface area contributed by atoms with Gasteiger partial charge in [-0.15, -0.1) is 0 Å². The van der Waals surface area contributed by atoms with Crippen LogP contribution in [0.15, 0.2) is 42.6 Å². The maximum absolute atomic E-state index is 9.78. The molecule has 4 N–H and O–H groups in total. The molecule has 1 saturated carbocycles. The fourth-order valence-corrected chi connectivity index (χ4v) is 3.78. The maximum atomic E-state index is 9.78. The third kappa shape index (κ3) is 3.47. The SMILES string of the molecule is COc1ccccc1Nc1cc(N[C@H]2CC[C@H](N)CC2)c(C#N)c2ccnn12. The van der Waals surface area contributed by atoms with Crippen molar-refractivity contribution in [2.75, 3.05) is 17.7 Å². The summed E-state index contributed by atoms with van der Waals surface area (Å²) in [6.45, 7) is 0. The van der Waals surface area contributed by atoms with Crippen LogP contribution >= 0.6 is 0 Å². The number of fused-ring (bicyclic) bond motifs is 1. The third-order valence-corrected chi connectivity index (χ3v) is 5.29. The Bertz CT molecular complexity index is 1010. The van der Waals surface area contributed by atoms with E-state index in [-0.39, 0.29) is 6.04 Å². The van der Waals surface area contributed by atoms with E-state index in [0.29, 0.717) is 11.6 Å². The van der Waals surface area contributed by atoms with Crippen LogP contribution < -0.4 is 21.1 Å². The first kappa shape index (κ1) is 18.1. The smallest absolute Gasteiger partial charge is 0.142 e. The van der Waals surface area contributed by atoms with Gasteiger partial charge in [-0.25, -0.2) is 4.52 Å². The van der Waals surface area contributed by atoms with Gasteiger partial charge in [0.25, 0.3) is 0 Å². The van der Waals surface area contributed by atoms with Crippen molar-refractivity contribution in [3.8, 4) is 11.8 Å². The van der Waals surface area contributed by atoms with E-state index in [1.807, 2.05) is 36.4 Å². The van der Waals surface area contributed by atoms with E-state index in [9.17, 15) is 5.26 Å². The number of pyridine rings is 1. The molecule has 0 spiro atoms. The predicted molar refractivity (Wildman–Crippen MR) is 110 cm³/mol. The highest BCUT2D eigenvalue weighted by molar-refractivity contribution is 5.79. The summed E-state index contributed by atoms with van der Waals surface area (Å²) in [5.41, 5.74) is 9.04. The van der Waals surface area contributed by atoms with Gasteiger partial charge >= 0.3 is 0 Å². The molecule has 0 atom stereocenters. The maximum Gasteiger partial charge on any atom is 0.142 e. The molecule has 2 aromatic heterocycles. The standard InChI is InChI=1S/C21H24N6O/c1-28-20-5-3-2-4-17(20)26-21-12-18(25-15-8-6-14(23)7-9-15)16(13-22)19-10-11-24-27(19)21/h2-5,10-12,14-15,25-26H,6-9,23H2,1H3/t14-,15-. The Morgan fingerprint density at radius 2 is 1.96 bits per heavy atom. The predicted octanol–water partition coefficient (Wildman–Crippen LogP) is 3.64. The first-order valence-corrected chi connectivity index (χ1v) is 9.52. The number of nitrogens with two attached hydrogens (primary N) is 1. The molecule has 3 aromatic rings. The molecule has 0 amide bonds. The van der Waals surface area contributed by atoms with Gasteiger partial charge in [-0.3, -0.25) is 0 Å². The topological polar surface area (TPSA) is 100 Å². The quantitative estimate of drug-likeness (QED) is 0.628. The Hall–Kier alpha value is -3.24. The molecule has 0 aliphatic heterocycles. The monoisotopic (exact) mass is 376 g/mol. The van der Waals surface area contributed by atoms with E-state index in [2.05, 4.69) is 21.8 Å². The molecule has 0 saturated heterocycles. The summed E-state index contributed by atoms with van der Waals surface area (Å²) < 4.78 is 7.19. The number of hydrogen-bond donors (Lipinski definition) is 3. The van der Waals surface area contributed by atoms with Gasteiger partial charge in [-0.2, -0.15) is 10.4 Å². The fraction of sp³-hybridized carbons (Fsp3) is 0.333. The van der Waals surface area contributed by atoms with E-state index < -0.39 is 0 Å². The summed E-state index contributed by atoms with van der Waals surface area (Å²) in [4.78, 5) is 0. The van der Waals surface area contributed by atoms with Crippen molar-refractivity contribution in [2.24, 2.45) is 5.73 Å². The molecule has 0 radical (unpaired) electrons. The van der Waals surface area contributed by atoms with Gasteiger partial charge in [-0.05, 0) is 43.9 Å². The molecular formula is C21H24N6O. The van der Waals surface area contributed by atoms with E-state index >= 15 is 0 Å². The summed E-state index contributed by atoms with van der Waals surface area (Å²) in [5.74, 6) is 1.50. The summed E-state index contributed by atoms with van der Waals surface area (Å²) in [6.07, 6.45) is 5.71. The molecule has 2 heterocycles.